The van der Waals surface area contributed by atoms with Gasteiger partial charge < -0.3 is 10.0 Å². The number of anilines is 1. The first-order valence-corrected chi connectivity index (χ1v) is 11.9. The summed E-state index contributed by atoms with van der Waals surface area (Å²) >= 11 is 6.23. The summed E-state index contributed by atoms with van der Waals surface area (Å²) in [7, 11) is 0. The second-order valence-corrected chi connectivity index (χ2v) is 9.44. The van der Waals surface area contributed by atoms with E-state index in [1.54, 1.807) is 23.1 Å². The number of benzene rings is 3. The van der Waals surface area contributed by atoms with Crippen molar-refractivity contribution in [2.24, 2.45) is 0 Å². The van der Waals surface area contributed by atoms with Gasteiger partial charge >= 0.3 is 0 Å². The van der Waals surface area contributed by atoms with Gasteiger partial charge in [-0.3, -0.25) is 9.59 Å². The minimum atomic E-state index is -1.93. The van der Waals surface area contributed by atoms with Crippen molar-refractivity contribution in [2.45, 2.75) is 44.1 Å². The average molecular weight is 460 g/mol. The van der Waals surface area contributed by atoms with Crippen LogP contribution >= 0.6 is 11.6 Å². The Hall–Kier alpha value is -2.95. The zero-order valence-corrected chi connectivity index (χ0v) is 19.1. The van der Waals surface area contributed by atoms with Crippen LogP contribution in [0.4, 0.5) is 5.69 Å². The highest BCUT2D eigenvalue weighted by Gasteiger charge is 2.50. The van der Waals surface area contributed by atoms with Crippen LogP contribution in [-0.4, -0.2) is 23.3 Å². The molecule has 0 fully saturated rings. The lowest BCUT2D eigenvalue weighted by atomic mass is 9.85. The maximum absolute atomic E-state index is 13.5. The summed E-state index contributed by atoms with van der Waals surface area (Å²) < 4.78 is 0. The number of rotatable bonds is 6. The fraction of sp³-hybridized carbons (Fsp3) is 0.286. The van der Waals surface area contributed by atoms with Gasteiger partial charge in [-0.25, -0.2) is 0 Å². The van der Waals surface area contributed by atoms with E-state index < -0.39 is 11.5 Å². The van der Waals surface area contributed by atoms with Crippen LogP contribution in [0.2, 0.25) is 5.02 Å². The van der Waals surface area contributed by atoms with E-state index >= 15 is 0 Å². The van der Waals surface area contributed by atoms with Gasteiger partial charge in [0.2, 0.25) is 0 Å². The van der Waals surface area contributed by atoms with Crippen molar-refractivity contribution < 1.29 is 14.7 Å². The van der Waals surface area contributed by atoms with E-state index in [9.17, 15) is 14.7 Å². The van der Waals surface area contributed by atoms with Crippen molar-refractivity contribution in [2.75, 3.05) is 11.4 Å². The summed E-state index contributed by atoms with van der Waals surface area (Å²) in [4.78, 5) is 28.3. The first-order chi connectivity index (χ1) is 16.0. The molecule has 0 saturated carbocycles. The molecular formula is C28H26ClNO3. The first kappa shape index (κ1) is 21.9. The molecule has 1 aliphatic heterocycles. The minimum Gasteiger partial charge on any atom is -0.375 e. The van der Waals surface area contributed by atoms with Gasteiger partial charge in [0.25, 0.3) is 5.91 Å². The normalized spacial score (nSPS) is 19.3. The highest BCUT2D eigenvalue weighted by atomic mass is 35.5. The van der Waals surface area contributed by atoms with Gasteiger partial charge in [0.05, 0.1) is 12.1 Å². The molecular weight excluding hydrogens is 434 g/mol. The summed E-state index contributed by atoms with van der Waals surface area (Å²) in [5, 5.41) is 12.0. The standard InChI is InChI=1S/C28H26ClNO3/c29-23-12-13-25-24(17-23)28(33,27(32)30(25)15-14-19-6-2-1-3-7-19)18-26(31)22-11-10-20-8-4-5-9-21(20)16-22/h1-3,6-7,10-13,16-17,33H,4-5,8-9,14-15,18H2. The predicted octanol–water partition coefficient (Wildman–Crippen LogP) is 5.27. The highest BCUT2D eigenvalue weighted by molar-refractivity contribution is 6.31. The van der Waals surface area contributed by atoms with E-state index in [1.165, 1.54) is 17.5 Å². The number of aryl methyl sites for hydroxylation is 2. The molecule has 4 nitrogen and oxygen atoms in total. The largest absolute Gasteiger partial charge is 0.375 e. The number of carbonyl (C=O) groups is 2. The van der Waals surface area contributed by atoms with Crippen LogP contribution in [0.15, 0.2) is 66.7 Å². The number of hydrogen-bond donors (Lipinski definition) is 1. The quantitative estimate of drug-likeness (QED) is 0.511. The molecule has 168 valence electrons. The predicted molar refractivity (Wildman–Crippen MR) is 130 cm³/mol. The maximum atomic E-state index is 13.5. The lowest BCUT2D eigenvalue weighted by Crippen LogP contribution is -2.42. The van der Waals surface area contributed by atoms with E-state index in [0.29, 0.717) is 34.8 Å². The zero-order chi connectivity index (χ0) is 23.0. The van der Waals surface area contributed by atoms with E-state index in [0.717, 1.165) is 24.8 Å². The minimum absolute atomic E-state index is 0.241. The molecule has 33 heavy (non-hydrogen) atoms. The van der Waals surface area contributed by atoms with Crippen LogP contribution in [0, 0.1) is 0 Å². The average Bonchev–Trinajstić information content (AvgIpc) is 3.04. The summed E-state index contributed by atoms with van der Waals surface area (Å²) in [6, 6.07) is 20.7. The molecule has 5 heteroatoms. The number of aliphatic hydroxyl groups is 1. The second kappa shape index (κ2) is 8.77. The molecule has 5 rings (SSSR count). The van der Waals surface area contributed by atoms with Crippen LogP contribution in [0.1, 0.15) is 51.9 Å². The van der Waals surface area contributed by atoms with Gasteiger partial charge in [0, 0.05) is 22.7 Å². The van der Waals surface area contributed by atoms with E-state index in [4.69, 9.17) is 11.6 Å². The summed E-state index contributed by atoms with van der Waals surface area (Å²) in [5.74, 6) is -0.711. The molecule has 0 radical (unpaired) electrons. The molecule has 1 unspecified atom stereocenters. The van der Waals surface area contributed by atoms with Crippen LogP contribution in [0.3, 0.4) is 0 Å². The lowest BCUT2D eigenvalue weighted by Gasteiger charge is -2.23. The Morgan fingerprint density at radius 1 is 0.970 bits per heavy atom. The summed E-state index contributed by atoms with van der Waals surface area (Å²) in [6.45, 7) is 0.410. The van der Waals surface area contributed by atoms with Gasteiger partial charge in [-0.15, -0.1) is 0 Å². The Kier molecular flexibility index (Phi) is 5.81. The maximum Gasteiger partial charge on any atom is 0.264 e. The van der Waals surface area contributed by atoms with Crippen LogP contribution < -0.4 is 4.90 Å². The summed E-state index contributed by atoms with van der Waals surface area (Å²) in [5.41, 5.74) is 3.22. The molecule has 0 aromatic heterocycles. The molecule has 1 amide bonds. The van der Waals surface area contributed by atoms with E-state index in [-0.39, 0.29) is 12.2 Å². The smallest absolute Gasteiger partial charge is 0.264 e. The Balaban J connectivity index is 1.43. The summed E-state index contributed by atoms with van der Waals surface area (Å²) in [6.07, 6.45) is 4.63. The first-order valence-electron chi connectivity index (χ1n) is 11.5. The lowest BCUT2D eigenvalue weighted by molar-refractivity contribution is -0.135. The Labute approximate surface area is 198 Å². The Bertz CT molecular complexity index is 1220. The molecule has 0 saturated heterocycles. The third-order valence-corrected chi connectivity index (χ3v) is 7.08. The van der Waals surface area contributed by atoms with Crippen molar-refractivity contribution in [3.63, 3.8) is 0 Å². The van der Waals surface area contributed by atoms with Gasteiger partial charge in [0.1, 0.15) is 0 Å². The third kappa shape index (κ3) is 4.09. The molecule has 2 aliphatic rings. The van der Waals surface area contributed by atoms with Crippen molar-refractivity contribution in [1.29, 1.82) is 0 Å². The third-order valence-electron chi connectivity index (χ3n) is 6.85. The van der Waals surface area contributed by atoms with E-state index in [2.05, 4.69) is 0 Å². The molecule has 0 bridgehead atoms. The number of Topliss-reactive ketones (excluding diaryl/α,β-unsaturated/α-hetero) is 1. The number of hydrogen-bond acceptors (Lipinski definition) is 3. The van der Waals surface area contributed by atoms with Gasteiger partial charge in [0.15, 0.2) is 11.4 Å². The molecule has 1 N–H and O–H groups in total. The second-order valence-electron chi connectivity index (χ2n) is 9.00. The van der Waals surface area contributed by atoms with Crippen molar-refractivity contribution in [3.8, 4) is 0 Å². The van der Waals surface area contributed by atoms with Crippen molar-refractivity contribution in [1.82, 2.24) is 0 Å². The molecule has 1 heterocycles. The van der Waals surface area contributed by atoms with Gasteiger partial charge in [-0.2, -0.15) is 0 Å². The van der Waals surface area contributed by atoms with E-state index in [1.807, 2.05) is 48.5 Å². The number of nitrogens with zero attached hydrogens (tertiary/aromatic N) is 1. The zero-order valence-electron chi connectivity index (χ0n) is 18.4. The number of fused-ring (bicyclic) bond motifs is 2. The SMILES string of the molecule is O=C(CC1(O)C(=O)N(CCc2ccccc2)c2ccc(Cl)cc21)c1ccc2c(c1)CCCC2. The Morgan fingerprint density at radius 3 is 2.52 bits per heavy atom. The topological polar surface area (TPSA) is 57.6 Å². The molecule has 3 aromatic carbocycles. The van der Waals surface area contributed by atoms with Gasteiger partial charge in [-0.05, 0) is 73.1 Å². The molecule has 1 atom stereocenters. The van der Waals surface area contributed by atoms with Crippen LogP contribution in [0.5, 0.6) is 0 Å². The number of halogens is 1. The van der Waals surface area contributed by atoms with Crippen molar-refractivity contribution >= 4 is 29.0 Å². The number of carbonyl (C=O) groups excluding carboxylic acids is 2. The molecule has 1 aliphatic carbocycles. The van der Waals surface area contributed by atoms with Crippen LogP contribution in [0.25, 0.3) is 0 Å². The molecule has 0 spiro atoms. The highest BCUT2D eigenvalue weighted by Crippen LogP contribution is 2.44. The van der Waals surface area contributed by atoms with Gasteiger partial charge in [-0.1, -0.05) is 54.1 Å². The van der Waals surface area contributed by atoms with Crippen LogP contribution in [-0.2, 0) is 29.7 Å². The Morgan fingerprint density at radius 2 is 1.73 bits per heavy atom. The fourth-order valence-electron chi connectivity index (χ4n) is 5.04. The van der Waals surface area contributed by atoms with Crippen molar-refractivity contribution in [3.05, 3.63) is 99.6 Å². The fourth-order valence-corrected chi connectivity index (χ4v) is 5.21. The number of ketones is 1. The molecule has 3 aromatic rings. The monoisotopic (exact) mass is 459 g/mol. The number of amides is 1.